The van der Waals surface area contributed by atoms with Gasteiger partial charge in [-0.2, -0.15) is 0 Å². The highest BCUT2D eigenvalue weighted by Crippen LogP contribution is 2.32. The van der Waals surface area contributed by atoms with Crippen LogP contribution in [0.5, 0.6) is 11.5 Å². The van der Waals surface area contributed by atoms with Gasteiger partial charge in [0.2, 0.25) is 0 Å². The molecule has 0 aliphatic rings. The minimum atomic E-state index is -0.826. The van der Waals surface area contributed by atoms with E-state index < -0.39 is 6.10 Å². The van der Waals surface area contributed by atoms with Crippen molar-refractivity contribution in [3.63, 3.8) is 0 Å². The summed E-state index contributed by atoms with van der Waals surface area (Å²) >= 11 is 3.36. The fourth-order valence-corrected chi connectivity index (χ4v) is 2.53. The van der Waals surface area contributed by atoms with Crippen LogP contribution in [0.1, 0.15) is 17.2 Å². The van der Waals surface area contributed by atoms with E-state index in [9.17, 15) is 9.50 Å². The minimum absolute atomic E-state index is 0.266. The van der Waals surface area contributed by atoms with Gasteiger partial charge in [-0.1, -0.05) is 15.9 Å². The lowest BCUT2D eigenvalue weighted by Crippen LogP contribution is -2.05. The topological polar surface area (TPSA) is 38.7 Å². The van der Waals surface area contributed by atoms with Gasteiger partial charge < -0.3 is 14.6 Å². The van der Waals surface area contributed by atoms with Gasteiger partial charge in [0.25, 0.3) is 0 Å². The Morgan fingerprint density at radius 1 is 1.14 bits per heavy atom. The number of ether oxygens (including phenoxy) is 2. The molecule has 112 valence electrons. The number of hydrogen-bond acceptors (Lipinski definition) is 3. The van der Waals surface area contributed by atoms with Crippen molar-refractivity contribution in [1.29, 1.82) is 0 Å². The van der Waals surface area contributed by atoms with Crippen LogP contribution >= 0.6 is 15.9 Å². The number of rotatable bonds is 5. The lowest BCUT2D eigenvalue weighted by atomic mass is 10.00. The molecule has 0 aromatic heterocycles. The largest absolute Gasteiger partial charge is 0.497 e. The maximum absolute atomic E-state index is 13.3. The Balaban J connectivity index is 2.31. The van der Waals surface area contributed by atoms with Crippen molar-refractivity contribution in [1.82, 2.24) is 0 Å². The molecule has 5 heteroatoms. The van der Waals surface area contributed by atoms with E-state index in [-0.39, 0.29) is 12.2 Å². The van der Waals surface area contributed by atoms with Gasteiger partial charge in [0.1, 0.15) is 17.3 Å². The summed E-state index contributed by atoms with van der Waals surface area (Å²) < 4.78 is 24.5. The third kappa shape index (κ3) is 3.74. The molecule has 1 N–H and O–H groups in total. The first-order valence-corrected chi connectivity index (χ1v) is 7.18. The molecule has 0 saturated carbocycles. The van der Waals surface area contributed by atoms with Crippen LogP contribution in [0.2, 0.25) is 0 Å². The lowest BCUT2D eigenvalue weighted by molar-refractivity contribution is 0.173. The standard InChI is InChI=1S/C16H16BrFO3/c1-20-12-4-6-16(21-2)13(9-12)15(19)8-10-7-11(18)3-5-14(10)17/h3-7,9,15,19H,8H2,1-2H3. The number of halogens is 2. The number of aliphatic hydroxyl groups is 1. The van der Waals surface area contributed by atoms with Crippen LogP contribution in [0.25, 0.3) is 0 Å². The second kappa shape index (κ2) is 6.91. The fourth-order valence-electron chi connectivity index (χ4n) is 2.12. The molecule has 0 bridgehead atoms. The molecule has 0 radical (unpaired) electrons. The molecule has 0 saturated heterocycles. The molecular weight excluding hydrogens is 339 g/mol. The average molecular weight is 355 g/mol. The zero-order chi connectivity index (χ0) is 15.4. The van der Waals surface area contributed by atoms with Crippen molar-refractivity contribution in [3.05, 3.63) is 57.8 Å². The maximum atomic E-state index is 13.3. The van der Waals surface area contributed by atoms with E-state index in [0.29, 0.717) is 22.6 Å². The lowest BCUT2D eigenvalue weighted by Gasteiger charge is -2.16. The maximum Gasteiger partial charge on any atom is 0.124 e. The Kier molecular flexibility index (Phi) is 5.20. The first-order chi connectivity index (χ1) is 10.0. The van der Waals surface area contributed by atoms with Crippen LogP contribution < -0.4 is 9.47 Å². The average Bonchev–Trinajstić information content (AvgIpc) is 2.50. The van der Waals surface area contributed by atoms with Gasteiger partial charge in [0.05, 0.1) is 20.3 Å². The Hall–Kier alpha value is -1.59. The molecule has 2 rings (SSSR count). The summed E-state index contributed by atoms with van der Waals surface area (Å²) in [6, 6.07) is 9.61. The van der Waals surface area contributed by atoms with Crippen molar-refractivity contribution >= 4 is 15.9 Å². The second-order valence-electron chi connectivity index (χ2n) is 4.56. The molecule has 0 fully saturated rings. The SMILES string of the molecule is COc1ccc(OC)c(C(O)Cc2cc(F)ccc2Br)c1. The van der Waals surface area contributed by atoms with Crippen molar-refractivity contribution in [2.24, 2.45) is 0 Å². The smallest absolute Gasteiger partial charge is 0.124 e. The zero-order valence-corrected chi connectivity index (χ0v) is 13.4. The van der Waals surface area contributed by atoms with Crippen LogP contribution in [-0.4, -0.2) is 19.3 Å². The van der Waals surface area contributed by atoms with E-state index in [1.807, 2.05) is 0 Å². The summed E-state index contributed by atoms with van der Waals surface area (Å²) in [4.78, 5) is 0. The van der Waals surface area contributed by atoms with Crippen LogP contribution in [0.3, 0.4) is 0 Å². The molecule has 1 atom stereocenters. The molecule has 0 aliphatic heterocycles. The highest BCUT2D eigenvalue weighted by molar-refractivity contribution is 9.10. The number of aliphatic hydroxyl groups excluding tert-OH is 1. The van der Waals surface area contributed by atoms with Gasteiger partial charge in [-0.25, -0.2) is 4.39 Å². The summed E-state index contributed by atoms with van der Waals surface area (Å²) in [5.41, 5.74) is 1.29. The van der Waals surface area contributed by atoms with Gasteiger partial charge in [-0.15, -0.1) is 0 Å². The highest BCUT2D eigenvalue weighted by atomic mass is 79.9. The van der Waals surface area contributed by atoms with Gasteiger partial charge in [-0.3, -0.25) is 0 Å². The predicted octanol–water partition coefficient (Wildman–Crippen LogP) is 3.88. The van der Waals surface area contributed by atoms with Crippen molar-refractivity contribution in [2.45, 2.75) is 12.5 Å². The number of hydrogen-bond donors (Lipinski definition) is 1. The first kappa shape index (κ1) is 15.8. The molecule has 1 unspecified atom stereocenters. The summed E-state index contributed by atoms with van der Waals surface area (Å²) in [6.07, 6.45) is -0.560. The van der Waals surface area contributed by atoms with Crippen molar-refractivity contribution in [2.75, 3.05) is 14.2 Å². The van der Waals surface area contributed by atoms with E-state index in [1.165, 1.54) is 19.2 Å². The first-order valence-electron chi connectivity index (χ1n) is 6.39. The van der Waals surface area contributed by atoms with Crippen LogP contribution in [0, 0.1) is 5.82 Å². The molecule has 0 amide bonds. The Morgan fingerprint density at radius 2 is 1.90 bits per heavy atom. The molecule has 0 aliphatic carbocycles. The normalized spacial score (nSPS) is 12.0. The van der Waals surface area contributed by atoms with Crippen LogP contribution in [0.15, 0.2) is 40.9 Å². The van der Waals surface area contributed by atoms with E-state index in [4.69, 9.17) is 9.47 Å². The van der Waals surface area contributed by atoms with Gasteiger partial charge in [-0.05, 0) is 42.0 Å². The molecule has 21 heavy (non-hydrogen) atoms. The second-order valence-corrected chi connectivity index (χ2v) is 5.42. The van der Waals surface area contributed by atoms with Crippen molar-refractivity contribution in [3.8, 4) is 11.5 Å². The summed E-state index contributed by atoms with van der Waals surface area (Å²) in [7, 11) is 3.09. The Labute approximate surface area is 131 Å². The number of benzene rings is 2. The molecule has 2 aromatic carbocycles. The summed E-state index contributed by atoms with van der Waals surface area (Å²) in [6.45, 7) is 0. The number of methoxy groups -OCH3 is 2. The van der Waals surface area contributed by atoms with E-state index in [2.05, 4.69) is 15.9 Å². The van der Waals surface area contributed by atoms with E-state index in [1.54, 1.807) is 31.4 Å². The summed E-state index contributed by atoms with van der Waals surface area (Å²) in [5, 5.41) is 10.4. The third-order valence-corrected chi connectivity index (χ3v) is 3.99. The minimum Gasteiger partial charge on any atom is -0.497 e. The Morgan fingerprint density at radius 3 is 2.57 bits per heavy atom. The van der Waals surface area contributed by atoms with Gasteiger partial charge in [0, 0.05) is 16.5 Å². The van der Waals surface area contributed by atoms with Crippen LogP contribution in [0.4, 0.5) is 4.39 Å². The van der Waals surface area contributed by atoms with Gasteiger partial charge in [0.15, 0.2) is 0 Å². The summed E-state index contributed by atoms with van der Waals surface area (Å²) in [5.74, 6) is 0.858. The van der Waals surface area contributed by atoms with Crippen LogP contribution in [-0.2, 0) is 6.42 Å². The molecular formula is C16H16BrFO3. The highest BCUT2D eigenvalue weighted by Gasteiger charge is 2.17. The molecule has 0 heterocycles. The van der Waals surface area contributed by atoms with E-state index in [0.717, 1.165) is 4.47 Å². The quantitative estimate of drug-likeness (QED) is 0.885. The van der Waals surface area contributed by atoms with E-state index >= 15 is 0 Å². The zero-order valence-electron chi connectivity index (χ0n) is 11.8. The Bertz CT molecular complexity index is 631. The monoisotopic (exact) mass is 354 g/mol. The van der Waals surface area contributed by atoms with Gasteiger partial charge >= 0.3 is 0 Å². The molecule has 3 nitrogen and oxygen atoms in total. The molecule has 2 aromatic rings. The molecule has 0 spiro atoms. The van der Waals surface area contributed by atoms with Crippen molar-refractivity contribution < 1.29 is 19.0 Å². The fraction of sp³-hybridized carbons (Fsp3) is 0.250. The predicted molar refractivity (Wildman–Crippen MR) is 82.3 cm³/mol. The third-order valence-electron chi connectivity index (χ3n) is 3.22.